The summed E-state index contributed by atoms with van der Waals surface area (Å²) in [6.45, 7) is 7.00. The number of fused-ring (bicyclic) bond motifs is 2. The Balaban J connectivity index is 1.70. The summed E-state index contributed by atoms with van der Waals surface area (Å²) < 4.78 is 0. The molecule has 0 aromatic heterocycles. The van der Waals surface area contributed by atoms with E-state index in [9.17, 15) is 4.79 Å². The minimum Gasteiger partial charge on any atom is -0.267 e. The van der Waals surface area contributed by atoms with Gasteiger partial charge in [-0.25, -0.2) is 5.43 Å². The molecule has 0 aliphatic heterocycles. The minimum absolute atomic E-state index is 0.114. The van der Waals surface area contributed by atoms with Crippen molar-refractivity contribution in [1.29, 1.82) is 0 Å². The van der Waals surface area contributed by atoms with Crippen LogP contribution in [0.4, 0.5) is 0 Å². The average molecular weight is 330 g/mol. The van der Waals surface area contributed by atoms with Gasteiger partial charge in [0.25, 0.3) is 5.91 Å². The van der Waals surface area contributed by atoms with Crippen LogP contribution in [0.3, 0.4) is 0 Å². The molecule has 0 spiro atoms. The molecule has 2 bridgehead atoms. The van der Waals surface area contributed by atoms with E-state index in [0.717, 1.165) is 12.2 Å². The lowest BCUT2D eigenvalue weighted by molar-refractivity contribution is 0.0954. The lowest BCUT2D eigenvalue weighted by atomic mass is 9.70. The maximum Gasteiger partial charge on any atom is 0.271 e. The molecule has 2 saturated carbocycles. The molecule has 124 valence electrons. The molecule has 1 aromatic carbocycles. The van der Waals surface area contributed by atoms with E-state index in [2.05, 4.69) is 37.6 Å². The van der Waals surface area contributed by atoms with Crippen molar-refractivity contribution in [2.24, 2.45) is 21.8 Å². The molecule has 2 aliphatic carbocycles. The third-order valence-corrected chi connectivity index (χ3v) is 6.95. The van der Waals surface area contributed by atoms with E-state index in [1.165, 1.54) is 24.1 Å². The molecule has 0 radical (unpaired) electrons. The van der Waals surface area contributed by atoms with E-state index in [-0.39, 0.29) is 16.7 Å². The highest BCUT2D eigenvalue weighted by Gasteiger charge is 2.59. The topological polar surface area (TPSA) is 41.5 Å². The molecular formula is C19H26N2OS. The number of hydrogen-bond donors (Lipinski definition) is 1. The van der Waals surface area contributed by atoms with Crippen LogP contribution in [0.2, 0.25) is 0 Å². The number of hydrazone groups is 1. The molecule has 1 aromatic rings. The summed E-state index contributed by atoms with van der Waals surface area (Å²) in [5, 5.41) is 4.52. The van der Waals surface area contributed by atoms with Crippen molar-refractivity contribution >= 4 is 23.4 Å². The maximum atomic E-state index is 12.3. The van der Waals surface area contributed by atoms with Gasteiger partial charge in [0.1, 0.15) is 0 Å². The molecule has 2 atom stereocenters. The van der Waals surface area contributed by atoms with Crippen molar-refractivity contribution in [3.8, 4) is 0 Å². The highest BCUT2D eigenvalue weighted by molar-refractivity contribution is 7.97. The van der Waals surface area contributed by atoms with Gasteiger partial charge in [0.15, 0.2) is 0 Å². The first-order chi connectivity index (χ1) is 10.9. The molecule has 0 saturated heterocycles. The Morgan fingerprint density at radius 1 is 1.30 bits per heavy atom. The molecule has 23 heavy (non-hydrogen) atoms. The highest BCUT2D eigenvalue weighted by Crippen LogP contribution is 2.63. The zero-order valence-electron chi connectivity index (χ0n) is 14.5. The number of thioether (sulfide) groups is 1. The van der Waals surface area contributed by atoms with E-state index in [0.29, 0.717) is 11.5 Å². The van der Waals surface area contributed by atoms with Crippen molar-refractivity contribution in [2.45, 2.75) is 45.8 Å². The maximum absolute atomic E-state index is 12.3. The Hall–Kier alpha value is -1.29. The zero-order valence-corrected chi connectivity index (χ0v) is 15.3. The molecule has 1 N–H and O–H groups in total. The van der Waals surface area contributed by atoms with Gasteiger partial charge in [-0.05, 0) is 54.5 Å². The summed E-state index contributed by atoms with van der Waals surface area (Å²) >= 11 is 1.78. The molecule has 4 heteroatoms. The van der Waals surface area contributed by atoms with Crippen LogP contribution in [0, 0.1) is 16.7 Å². The number of benzene rings is 1. The first kappa shape index (κ1) is 16.6. The van der Waals surface area contributed by atoms with E-state index < -0.39 is 0 Å². The number of carbonyl (C=O) groups excluding carboxylic acids is 1. The van der Waals surface area contributed by atoms with Crippen LogP contribution in [-0.4, -0.2) is 17.9 Å². The van der Waals surface area contributed by atoms with Gasteiger partial charge in [-0.1, -0.05) is 32.9 Å². The number of nitrogens with zero attached hydrogens (tertiary/aromatic N) is 1. The van der Waals surface area contributed by atoms with Crippen molar-refractivity contribution in [3.05, 3.63) is 35.4 Å². The van der Waals surface area contributed by atoms with Crippen molar-refractivity contribution < 1.29 is 4.79 Å². The van der Waals surface area contributed by atoms with E-state index in [1.807, 2.05) is 24.3 Å². The van der Waals surface area contributed by atoms with Crippen LogP contribution in [-0.2, 0) is 5.75 Å². The summed E-state index contributed by atoms with van der Waals surface area (Å²) in [7, 11) is 0. The predicted octanol–water partition coefficient (Wildman–Crippen LogP) is 4.48. The third kappa shape index (κ3) is 2.71. The SMILES string of the molecule is CSCc1ccc(C(=O)N/N=C2/C[C@@H]3CC[C@]2(C)C3(C)C)cc1. The third-order valence-electron chi connectivity index (χ3n) is 6.33. The van der Waals surface area contributed by atoms with Crippen molar-refractivity contribution in [3.63, 3.8) is 0 Å². The lowest BCUT2D eigenvalue weighted by Crippen LogP contribution is -2.34. The smallest absolute Gasteiger partial charge is 0.267 e. The van der Waals surface area contributed by atoms with Gasteiger partial charge < -0.3 is 0 Å². The summed E-state index contributed by atoms with van der Waals surface area (Å²) in [6.07, 6.45) is 5.57. The standard InChI is InChI=1S/C19H26N2OS/c1-18(2)15-9-10-19(18,3)16(11-15)20-21-17(22)14-7-5-13(6-8-14)12-23-4/h5-8,15H,9-12H2,1-4H3,(H,21,22)/b20-16-/t15-,19-/m0/s1. The first-order valence-electron chi connectivity index (χ1n) is 8.34. The number of amides is 1. The molecule has 1 amide bonds. The summed E-state index contributed by atoms with van der Waals surface area (Å²) in [5.41, 5.74) is 6.29. The van der Waals surface area contributed by atoms with Crippen molar-refractivity contribution in [2.75, 3.05) is 6.26 Å². The molecule has 2 aliphatic rings. The van der Waals surface area contributed by atoms with E-state index in [4.69, 9.17) is 0 Å². The molecule has 2 fully saturated rings. The summed E-state index contributed by atoms with van der Waals surface area (Å²) in [4.78, 5) is 12.3. The summed E-state index contributed by atoms with van der Waals surface area (Å²) in [6, 6.07) is 7.79. The van der Waals surface area contributed by atoms with Gasteiger partial charge in [0, 0.05) is 22.4 Å². The lowest BCUT2D eigenvalue weighted by Gasteiger charge is -2.34. The fraction of sp³-hybridized carbons (Fsp3) is 0.579. The fourth-order valence-electron chi connectivity index (χ4n) is 4.20. The first-order valence-corrected chi connectivity index (χ1v) is 9.73. The average Bonchev–Trinajstić information content (AvgIpc) is 2.86. The number of hydrogen-bond acceptors (Lipinski definition) is 3. The highest BCUT2D eigenvalue weighted by atomic mass is 32.2. The van der Waals surface area contributed by atoms with Crippen LogP contribution in [0.5, 0.6) is 0 Å². The molecular weight excluding hydrogens is 304 g/mol. The monoisotopic (exact) mass is 330 g/mol. The molecule has 0 unspecified atom stereocenters. The summed E-state index contributed by atoms with van der Waals surface area (Å²) in [5.74, 6) is 1.56. The molecule has 0 heterocycles. The second-order valence-corrected chi connectivity index (χ2v) is 8.49. The van der Waals surface area contributed by atoms with Crippen LogP contribution in [0.1, 0.15) is 56.0 Å². The zero-order chi connectivity index (χ0) is 16.7. The van der Waals surface area contributed by atoms with Crippen LogP contribution in [0.15, 0.2) is 29.4 Å². The second-order valence-electron chi connectivity index (χ2n) is 7.62. The quantitative estimate of drug-likeness (QED) is 0.827. The number of rotatable bonds is 4. The van der Waals surface area contributed by atoms with Gasteiger partial charge in [-0.3, -0.25) is 4.79 Å². The van der Waals surface area contributed by atoms with Crippen LogP contribution >= 0.6 is 11.8 Å². The number of nitrogens with one attached hydrogen (secondary N) is 1. The molecule has 3 rings (SSSR count). The number of carbonyl (C=O) groups is 1. The van der Waals surface area contributed by atoms with Gasteiger partial charge in [0.05, 0.1) is 0 Å². The Morgan fingerprint density at radius 2 is 2.00 bits per heavy atom. The Kier molecular flexibility index (Phi) is 4.30. The Bertz CT molecular complexity index is 635. The second kappa shape index (κ2) is 5.97. The minimum atomic E-state index is -0.114. The van der Waals surface area contributed by atoms with Crippen LogP contribution < -0.4 is 5.43 Å². The van der Waals surface area contributed by atoms with Gasteiger partial charge in [-0.2, -0.15) is 16.9 Å². The van der Waals surface area contributed by atoms with E-state index in [1.54, 1.807) is 11.8 Å². The fourth-order valence-corrected chi connectivity index (χ4v) is 4.73. The van der Waals surface area contributed by atoms with Crippen molar-refractivity contribution in [1.82, 2.24) is 5.43 Å². The molecule has 3 nitrogen and oxygen atoms in total. The normalized spacial score (nSPS) is 29.9. The van der Waals surface area contributed by atoms with Gasteiger partial charge >= 0.3 is 0 Å². The van der Waals surface area contributed by atoms with Gasteiger partial charge in [-0.15, -0.1) is 0 Å². The predicted molar refractivity (Wildman–Crippen MR) is 97.8 cm³/mol. The van der Waals surface area contributed by atoms with Gasteiger partial charge in [0.2, 0.25) is 0 Å². The largest absolute Gasteiger partial charge is 0.271 e. The van der Waals surface area contributed by atoms with E-state index >= 15 is 0 Å². The Morgan fingerprint density at radius 3 is 2.52 bits per heavy atom. The Labute approximate surface area is 143 Å². The van der Waals surface area contributed by atoms with Crippen LogP contribution in [0.25, 0.3) is 0 Å².